The minimum absolute atomic E-state index is 0.0916. The van der Waals surface area contributed by atoms with E-state index >= 15 is 0 Å². The Kier molecular flexibility index (Phi) is 12.3. The van der Waals surface area contributed by atoms with Gasteiger partial charge in [-0.25, -0.2) is 9.59 Å². The molecule has 136 valence electrons. The van der Waals surface area contributed by atoms with Gasteiger partial charge in [-0.3, -0.25) is 24.5 Å². The maximum atomic E-state index is 10.4. The molecule has 0 aromatic heterocycles. The smallest absolute Gasteiger partial charge is 0.373 e. The van der Waals surface area contributed by atoms with Crippen molar-refractivity contribution in [2.75, 3.05) is 19.6 Å². The Morgan fingerprint density at radius 2 is 1.29 bits per heavy atom. The molecule has 0 aliphatic heterocycles. The lowest BCUT2D eigenvalue weighted by atomic mass is 10.3. The van der Waals surface area contributed by atoms with Crippen LogP contribution in [0.25, 0.3) is 0 Å². The molecule has 0 aliphatic rings. The first-order valence-electron chi connectivity index (χ1n) is 6.40. The summed E-state index contributed by atoms with van der Waals surface area (Å²) < 4.78 is 0. The highest BCUT2D eigenvalue weighted by atomic mass is 16.4. The number of hydrogen-bond donors (Lipinski definition) is 6. The van der Waals surface area contributed by atoms with Gasteiger partial charge in [-0.05, 0) is 6.92 Å². The summed E-state index contributed by atoms with van der Waals surface area (Å²) in [7, 11) is 0. The van der Waals surface area contributed by atoms with E-state index in [0.717, 1.165) is 0 Å². The fourth-order valence-electron chi connectivity index (χ4n) is 0.882. The number of carbonyl (C=O) groups is 6. The standard InChI is InChI=1S/2C6H9NO5/c1-3(5(9)10)7-2-4(8)6(11)12;8-4(6(11)12)3-7-2-1-5(9)10/h3,7H,2H2,1H3,(H,9,10)(H,11,12);7H,1-3H2,(H,9,10)(H,11,12)/t3-;/m0./s1. The van der Waals surface area contributed by atoms with Gasteiger partial charge in [0.15, 0.2) is 0 Å². The van der Waals surface area contributed by atoms with Crippen molar-refractivity contribution in [3.63, 3.8) is 0 Å². The molecule has 0 fully saturated rings. The molecule has 6 N–H and O–H groups in total. The Morgan fingerprint density at radius 1 is 0.833 bits per heavy atom. The minimum atomic E-state index is -1.57. The molecule has 0 unspecified atom stereocenters. The van der Waals surface area contributed by atoms with Gasteiger partial charge in [0, 0.05) is 6.54 Å². The molecule has 0 aliphatic carbocycles. The van der Waals surface area contributed by atoms with Gasteiger partial charge < -0.3 is 25.7 Å². The van der Waals surface area contributed by atoms with E-state index in [1.807, 2.05) is 0 Å². The molecule has 0 amide bonds. The third-order valence-electron chi connectivity index (χ3n) is 2.22. The molecule has 12 nitrogen and oxygen atoms in total. The van der Waals surface area contributed by atoms with Crippen LogP contribution in [0.3, 0.4) is 0 Å². The van der Waals surface area contributed by atoms with Gasteiger partial charge in [0.1, 0.15) is 6.04 Å². The number of hydrogen-bond acceptors (Lipinski definition) is 8. The Bertz CT molecular complexity index is 502. The molecule has 0 spiro atoms. The average molecular weight is 350 g/mol. The van der Waals surface area contributed by atoms with Crippen LogP contribution in [0.15, 0.2) is 0 Å². The van der Waals surface area contributed by atoms with Gasteiger partial charge in [-0.1, -0.05) is 0 Å². The van der Waals surface area contributed by atoms with E-state index in [1.54, 1.807) is 0 Å². The molecule has 0 bridgehead atoms. The summed E-state index contributed by atoms with van der Waals surface area (Å²) in [6, 6.07) is -0.923. The second-order valence-electron chi connectivity index (χ2n) is 4.22. The van der Waals surface area contributed by atoms with E-state index in [-0.39, 0.29) is 19.5 Å². The fourth-order valence-corrected chi connectivity index (χ4v) is 0.882. The first kappa shape index (κ1) is 23.4. The number of ketones is 2. The van der Waals surface area contributed by atoms with E-state index in [1.165, 1.54) is 6.92 Å². The van der Waals surface area contributed by atoms with Crippen LogP contribution in [-0.2, 0) is 28.8 Å². The van der Waals surface area contributed by atoms with Crippen molar-refractivity contribution >= 4 is 35.4 Å². The van der Waals surface area contributed by atoms with Crippen molar-refractivity contribution in [2.24, 2.45) is 0 Å². The number of carboxylic acid groups (broad SMARTS) is 4. The number of carboxylic acids is 4. The molecule has 12 heteroatoms. The summed E-state index contributed by atoms with van der Waals surface area (Å²) in [5.41, 5.74) is 0. The molecule has 0 aromatic rings. The second-order valence-corrected chi connectivity index (χ2v) is 4.22. The molecule has 1 atom stereocenters. The minimum Gasteiger partial charge on any atom is -0.481 e. The highest BCUT2D eigenvalue weighted by molar-refractivity contribution is 6.33. The number of carbonyl (C=O) groups excluding carboxylic acids is 2. The third kappa shape index (κ3) is 14.1. The van der Waals surface area contributed by atoms with E-state index in [2.05, 4.69) is 10.6 Å². The van der Waals surface area contributed by atoms with E-state index < -0.39 is 48.0 Å². The van der Waals surface area contributed by atoms with Crippen LogP contribution in [0.2, 0.25) is 0 Å². The monoisotopic (exact) mass is 350 g/mol. The molecule has 0 saturated heterocycles. The van der Waals surface area contributed by atoms with Crippen molar-refractivity contribution in [1.82, 2.24) is 10.6 Å². The number of aliphatic carboxylic acids is 4. The highest BCUT2D eigenvalue weighted by Crippen LogP contribution is 1.80. The summed E-state index contributed by atoms with van der Waals surface area (Å²) in [5, 5.41) is 37.3. The van der Waals surface area contributed by atoms with Crippen molar-refractivity contribution in [3.8, 4) is 0 Å². The van der Waals surface area contributed by atoms with Crippen molar-refractivity contribution < 1.29 is 49.2 Å². The van der Waals surface area contributed by atoms with Crippen LogP contribution in [0.1, 0.15) is 13.3 Å². The van der Waals surface area contributed by atoms with Crippen molar-refractivity contribution in [1.29, 1.82) is 0 Å². The lowest BCUT2D eigenvalue weighted by Crippen LogP contribution is -2.39. The predicted octanol–water partition coefficient (Wildman–Crippen LogP) is -2.59. The second kappa shape index (κ2) is 12.7. The van der Waals surface area contributed by atoms with Gasteiger partial charge in [-0.2, -0.15) is 0 Å². The maximum absolute atomic E-state index is 10.4. The zero-order chi connectivity index (χ0) is 19.3. The van der Waals surface area contributed by atoms with Crippen LogP contribution in [0.5, 0.6) is 0 Å². The van der Waals surface area contributed by atoms with Crippen molar-refractivity contribution in [2.45, 2.75) is 19.4 Å². The van der Waals surface area contributed by atoms with Gasteiger partial charge in [-0.15, -0.1) is 0 Å². The maximum Gasteiger partial charge on any atom is 0.373 e. The van der Waals surface area contributed by atoms with Gasteiger partial charge >= 0.3 is 23.9 Å². The zero-order valence-electron chi connectivity index (χ0n) is 12.6. The third-order valence-corrected chi connectivity index (χ3v) is 2.22. The molecule has 0 saturated carbocycles. The lowest BCUT2D eigenvalue weighted by molar-refractivity contribution is -0.149. The number of Topliss-reactive ketones (excluding diaryl/α,β-unsaturated/α-hetero) is 2. The first-order valence-corrected chi connectivity index (χ1v) is 6.40. The van der Waals surface area contributed by atoms with E-state index in [4.69, 9.17) is 20.4 Å². The van der Waals surface area contributed by atoms with Crippen LogP contribution >= 0.6 is 0 Å². The normalized spacial score (nSPS) is 10.7. The zero-order valence-corrected chi connectivity index (χ0v) is 12.6. The fraction of sp³-hybridized carbons (Fsp3) is 0.500. The Balaban J connectivity index is 0. The number of rotatable bonds is 11. The van der Waals surface area contributed by atoms with Gasteiger partial charge in [0.25, 0.3) is 11.6 Å². The summed E-state index contributed by atoms with van der Waals surface area (Å²) in [6.45, 7) is 0.608. The largest absolute Gasteiger partial charge is 0.481 e. The Hall–Kier alpha value is -2.86. The summed E-state index contributed by atoms with van der Waals surface area (Å²) in [5.74, 6) is -7.24. The number of nitrogens with one attached hydrogen (secondary N) is 2. The summed E-state index contributed by atoms with van der Waals surface area (Å²) >= 11 is 0. The SMILES string of the molecule is C[C@H](NCC(=O)C(=O)O)C(=O)O.O=C(O)CCNCC(=O)C(=O)O. The Morgan fingerprint density at radius 3 is 1.67 bits per heavy atom. The lowest BCUT2D eigenvalue weighted by Gasteiger charge is -2.05. The highest BCUT2D eigenvalue weighted by Gasteiger charge is 2.15. The van der Waals surface area contributed by atoms with Crippen molar-refractivity contribution in [3.05, 3.63) is 0 Å². The quantitative estimate of drug-likeness (QED) is 0.167. The van der Waals surface area contributed by atoms with Crippen LogP contribution in [0.4, 0.5) is 0 Å². The summed E-state index contributed by atoms with van der Waals surface area (Å²) in [6.07, 6.45) is -0.132. The van der Waals surface area contributed by atoms with Gasteiger partial charge in [0.2, 0.25) is 0 Å². The predicted molar refractivity (Wildman–Crippen MR) is 75.5 cm³/mol. The first-order chi connectivity index (χ1) is 11.0. The molecular weight excluding hydrogens is 332 g/mol. The van der Waals surface area contributed by atoms with E-state index in [9.17, 15) is 28.8 Å². The van der Waals surface area contributed by atoms with Crippen LogP contribution in [0, 0.1) is 0 Å². The van der Waals surface area contributed by atoms with Crippen LogP contribution < -0.4 is 10.6 Å². The molecule has 0 radical (unpaired) electrons. The average Bonchev–Trinajstić information content (AvgIpc) is 2.48. The molecular formula is C12H18N2O10. The van der Waals surface area contributed by atoms with E-state index in [0.29, 0.717) is 0 Å². The topological polar surface area (TPSA) is 207 Å². The molecule has 0 rings (SSSR count). The summed E-state index contributed by atoms with van der Waals surface area (Å²) in [4.78, 5) is 60.8. The molecule has 0 aromatic carbocycles. The molecule has 0 heterocycles. The molecule has 24 heavy (non-hydrogen) atoms. The Labute approximate surface area is 135 Å². The van der Waals surface area contributed by atoms with Gasteiger partial charge in [0.05, 0.1) is 19.5 Å². The van der Waals surface area contributed by atoms with Crippen LogP contribution in [-0.4, -0.2) is 81.5 Å².